The van der Waals surface area contributed by atoms with Gasteiger partial charge >= 0.3 is 0 Å². The normalized spacial score (nSPS) is 20.2. The van der Waals surface area contributed by atoms with E-state index in [0.29, 0.717) is 28.0 Å². The van der Waals surface area contributed by atoms with Crippen LogP contribution < -0.4 is 21.4 Å². The van der Waals surface area contributed by atoms with Crippen LogP contribution in [0, 0.1) is 0 Å². The summed E-state index contributed by atoms with van der Waals surface area (Å²) in [6.07, 6.45) is 3.86. The number of carbonyl (C=O) groups excluding carboxylic acids is 1. The van der Waals surface area contributed by atoms with E-state index in [2.05, 4.69) is 0 Å². The number of oxazole rings is 1. The Bertz CT molecular complexity index is 1210. The second-order valence-corrected chi connectivity index (χ2v) is 8.01. The van der Waals surface area contributed by atoms with Crippen molar-refractivity contribution < 1.29 is 9.21 Å². The van der Waals surface area contributed by atoms with Gasteiger partial charge in [-0.25, -0.2) is 0 Å². The van der Waals surface area contributed by atoms with E-state index in [1.54, 1.807) is 7.05 Å². The molecule has 1 aromatic carbocycles. The fourth-order valence-electron chi connectivity index (χ4n) is 3.40. The number of anilines is 1. The second kappa shape index (κ2) is 7.10. The summed E-state index contributed by atoms with van der Waals surface area (Å²) in [4.78, 5) is 29.5. The highest BCUT2D eigenvalue weighted by Gasteiger charge is 2.32. The molecule has 2 aliphatic rings. The van der Waals surface area contributed by atoms with E-state index >= 15 is 0 Å². The van der Waals surface area contributed by atoms with Crippen molar-refractivity contribution in [1.29, 1.82) is 0 Å². The summed E-state index contributed by atoms with van der Waals surface area (Å²) in [7, 11) is 1.62. The minimum absolute atomic E-state index is 0.228. The van der Waals surface area contributed by atoms with Gasteiger partial charge in [0.25, 0.3) is 11.5 Å². The number of hydrogen-bond donors (Lipinski definition) is 0. The number of benzene rings is 1. The van der Waals surface area contributed by atoms with Crippen molar-refractivity contribution in [2.24, 2.45) is 0 Å². The first-order valence-corrected chi connectivity index (χ1v) is 10.2. The summed E-state index contributed by atoms with van der Waals surface area (Å²) in [5.74, 6) is -0.251. The number of fused-ring (bicyclic) bond motifs is 1. The molecule has 0 unspecified atom stereocenters. The molecular weight excluding hydrogens is 394 g/mol. The number of para-hydroxylation sites is 1. The zero-order valence-corrected chi connectivity index (χ0v) is 17.4. The molecule has 1 aromatic heterocycles. The Kier molecular flexibility index (Phi) is 4.76. The second-order valence-electron chi connectivity index (χ2n) is 6.37. The van der Waals surface area contributed by atoms with Crippen molar-refractivity contribution in [1.82, 2.24) is 9.47 Å². The Hall–Kier alpha value is -2.58. The van der Waals surface area contributed by atoms with E-state index in [9.17, 15) is 9.59 Å². The number of nitrogens with zero attached hydrogens (tertiary/aromatic N) is 3. The molecule has 8 heteroatoms. The zero-order valence-electron chi connectivity index (χ0n) is 15.8. The number of likely N-dealkylation sites (N-methyl/N-ethyl adjacent to an activating group) is 1. The average Bonchev–Trinajstić information content (AvgIpc) is 3.17. The number of hydrogen-bond acceptors (Lipinski definition) is 6. The topological polar surface area (TPSA) is 58.7 Å². The lowest BCUT2D eigenvalue weighted by Gasteiger charge is -2.28. The minimum Gasteiger partial charge on any atom is -0.431 e. The van der Waals surface area contributed by atoms with Crippen molar-refractivity contribution in [3.05, 3.63) is 57.2 Å². The van der Waals surface area contributed by atoms with E-state index in [-0.39, 0.29) is 22.4 Å². The molecule has 144 valence electrons. The smallest absolute Gasteiger partial charge is 0.298 e. The summed E-state index contributed by atoms with van der Waals surface area (Å²) in [5.41, 5.74) is 3.02. The first-order valence-electron chi connectivity index (χ1n) is 9.00. The van der Waals surface area contributed by atoms with Gasteiger partial charge in [0.1, 0.15) is 9.23 Å². The molecule has 3 heterocycles. The highest BCUT2D eigenvalue weighted by molar-refractivity contribution is 8.30. The highest BCUT2D eigenvalue weighted by Crippen LogP contribution is 2.31. The molecule has 1 amide bonds. The van der Waals surface area contributed by atoms with Crippen LogP contribution in [0.25, 0.3) is 16.7 Å². The first kappa shape index (κ1) is 18.8. The lowest BCUT2D eigenvalue weighted by atomic mass is 10.1. The van der Waals surface area contributed by atoms with Gasteiger partial charge in [0.05, 0.1) is 5.70 Å². The van der Waals surface area contributed by atoms with Crippen LogP contribution in [0.2, 0.25) is 0 Å². The molecule has 0 saturated carbocycles. The number of amides is 1. The van der Waals surface area contributed by atoms with Gasteiger partial charge in [0.15, 0.2) is 0 Å². The van der Waals surface area contributed by atoms with Crippen molar-refractivity contribution >= 4 is 56.6 Å². The standard InChI is InChI=1S/C20H19N3O3S2/c1-4-22-13-9-7-6-8-12(13)10-11-14(22)15-17(24)23(5-2)19(26-15)16-18(25)21(3)20(27)28-16/h6-11H,4-5H2,1-3H3. The lowest BCUT2D eigenvalue weighted by Crippen LogP contribution is -2.36. The molecular formula is C20H19N3O3S2. The van der Waals surface area contributed by atoms with Crippen LogP contribution in [-0.4, -0.2) is 33.3 Å². The van der Waals surface area contributed by atoms with E-state index in [1.165, 1.54) is 9.47 Å². The lowest BCUT2D eigenvalue weighted by molar-refractivity contribution is -0.119. The van der Waals surface area contributed by atoms with Gasteiger partial charge in [-0.05, 0) is 43.3 Å². The quantitative estimate of drug-likeness (QED) is 0.699. The Morgan fingerprint density at radius 3 is 2.50 bits per heavy atom. The number of aromatic nitrogens is 1. The predicted octanol–water partition coefficient (Wildman–Crippen LogP) is 1.72. The molecule has 0 atom stereocenters. The molecule has 0 spiro atoms. The predicted molar refractivity (Wildman–Crippen MR) is 116 cm³/mol. The largest absolute Gasteiger partial charge is 0.431 e. The molecule has 0 aliphatic carbocycles. The third-order valence-corrected chi connectivity index (χ3v) is 6.37. The maximum Gasteiger partial charge on any atom is 0.298 e. The molecule has 2 aromatic rings. The highest BCUT2D eigenvalue weighted by atomic mass is 32.2. The van der Waals surface area contributed by atoms with Gasteiger partial charge in [0.2, 0.25) is 11.0 Å². The fourth-order valence-corrected chi connectivity index (χ4v) is 4.59. The fraction of sp³-hybridized carbons (Fsp3) is 0.250. The molecule has 1 saturated heterocycles. The van der Waals surface area contributed by atoms with Crippen LogP contribution in [0.1, 0.15) is 19.4 Å². The molecule has 6 nitrogen and oxygen atoms in total. The molecule has 28 heavy (non-hydrogen) atoms. The minimum atomic E-state index is -0.253. The maximum atomic E-state index is 13.1. The number of thioether (sulfide) groups is 1. The summed E-state index contributed by atoms with van der Waals surface area (Å²) < 4.78 is 7.97. The number of rotatable bonds is 2. The summed E-state index contributed by atoms with van der Waals surface area (Å²) in [6.45, 7) is 4.95. The van der Waals surface area contributed by atoms with Crippen molar-refractivity contribution in [2.45, 2.75) is 20.4 Å². The van der Waals surface area contributed by atoms with Crippen LogP contribution in [0.15, 0.2) is 39.6 Å². The summed E-state index contributed by atoms with van der Waals surface area (Å²) in [6, 6.07) is 8.00. The molecule has 4 rings (SSSR count). The molecule has 0 N–H and O–H groups in total. The first-order chi connectivity index (χ1) is 13.5. The van der Waals surface area contributed by atoms with E-state index in [1.807, 2.05) is 55.2 Å². The van der Waals surface area contributed by atoms with Crippen LogP contribution in [0.5, 0.6) is 0 Å². The molecule has 0 radical (unpaired) electrons. The van der Waals surface area contributed by atoms with Gasteiger partial charge in [-0.3, -0.25) is 19.1 Å². The number of carbonyl (C=O) groups is 1. The Labute approximate surface area is 171 Å². The SMILES string of the molecule is CCN1C(=c2oc(=C3SC(=S)N(C)C3=O)n(CC)c2=O)C=Cc2ccccc21. The molecule has 1 fully saturated rings. The monoisotopic (exact) mass is 413 g/mol. The molecule has 2 aliphatic heterocycles. The summed E-state index contributed by atoms with van der Waals surface area (Å²) >= 11 is 6.37. The van der Waals surface area contributed by atoms with Crippen molar-refractivity contribution in [3.63, 3.8) is 0 Å². The summed E-state index contributed by atoms with van der Waals surface area (Å²) in [5, 5.41) is 0. The van der Waals surface area contributed by atoms with Gasteiger partial charge < -0.3 is 9.32 Å². The van der Waals surface area contributed by atoms with Crippen molar-refractivity contribution in [3.8, 4) is 0 Å². The van der Waals surface area contributed by atoms with E-state index in [4.69, 9.17) is 16.6 Å². The van der Waals surface area contributed by atoms with Crippen molar-refractivity contribution in [2.75, 3.05) is 18.5 Å². The van der Waals surface area contributed by atoms with Crippen LogP contribution >= 0.6 is 24.0 Å². The van der Waals surface area contributed by atoms with Gasteiger partial charge in [-0.2, -0.15) is 0 Å². The van der Waals surface area contributed by atoms with Gasteiger partial charge in [0, 0.05) is 25.8 Å². The van der Waals surface area contributed by atoms with Gasteiger partial charge in [-0.1, -0.05) is 36.5 Å². The zero-order chi connectivity index (χ0) is 20.0. The van der Waals surface area contributed by atoms with E-state index in [0.717, 1.165) is 23.0 Å². The average molecular weight is 414 g/mol. The Balaban J connectivity index is 2.04. The Morgan fingerprint density at radius 2 is 1.86 bits per heavy atom. The van der Waals surface area contributed by atoms with Gasteiger partial charge in [-0.15, -0.1) is 0 Å². The van der Waals surface area contributed by atoms with Crippen LogP contribution in [0.4, 0.5) is 5.69 Å². The van der Waals surface area contributed by atoms with Crippen LogP contribution in [0.3, 0.4) is 0 Å². The third kappa shape index (κ3) is 2.75. The number of thiocarbonyl (C=S) groups is 1. The third-order valence-electron chi connectivity index (χ3n) is 4.84. The van der Waals surface area contributed by atoms with Crippen LogP contribution in [-0.2, 0) is 11.3 Å². The maximum absolute atomic E-state index is 13.1. The Morgan fingerprint density at radius 1 is 1.11 bits per heavy atom. The van der Waals surface area contributed by atoms with E-state index < -0.39 is 0 Å². The molecule has 0 bridgehead atoms.